The molecule has 0 N–H and O–H groups in total. The number of hydrogen-bond donors (Lipinski definition) is 0. The first-order valence-corrected chi connectivity index (χ1v) is 5.44. The molecule has 1 heteroatoms. The van der Waals surface area contributed by atoms with Gasteiger partial charge in [-0.15, -0.1) is 0 Å². The summed E-state index contributed by atoms with van der Waals surface area (Å²) in [6, 6.07) is 0. The summed E-state index contributed by atoms with van der Waals surface area (Å²) in [5.74, 6) is 1.64. The molecule has 3 rings (SSSR count). The quantitative estimate of drug-likeness (QED) is 0.516. The molecule has 1 fully saturated rings. The molecule has 0 aromatic rings. The fraction of sp³-hybridized carbons (Fsp3) is 0.667. The Hall–Kier alpha value is -0.560. The smallest absolute Gasteiger partial charge is 0.0796 e. The average Bonchev–Trinajstić information content (AvgIpc) is 2.56. The Balaban J connectivity index is 1.87. The van der Waals surface area contributed by atoms with Crippen LogP contribution in [0.3, 0.4) is 0 Å². The van der Waals surface area contributed by atoms with E-state index in [1.807, 2.05) is 0 Å². The van der Waals surface area contributed by atoms with Gasteiger partial charge in [0, 0.05) is 0 Å². The second-order valence-electron chi connectivity index (χ2n) is 4.40. The summed E-state index contributed by atoms with van der Waals surface area (Å²) in [4.78, 5) is 0. The first-order valence-electron chi connectivity index (χ1n) is 5.44. The molecule has 4 unspecified atom stereocenters. The fourth-order valence-corrected chi connectivity index (χ4v) is 3.04. The van der Waals surface area contributed by atoms with Crippen LogP contribution >= 0.6 is 0 Å². The van der Waals surface area contributed by atoms with Crippen LogP contribution in [-0.2, 0) is 4.74 Å². The Morgan fingerprint density at radius 2 is 1.38 bits per heavy atom. The molecule has 0 aromatic heterocycles. The van der Waals surface area contributed by atoms with E-state index in [9.17, 15) is 0 Å². The lowest BCUT2D eigenvalue weighted by Crippen LogP contribution is -2.23. The van der Waals surface area contributed by atoms with Crippen molar-refractivity contribution in [1.29, 1.82) is 0 Å². The maximum Gasteiger partial charge on any atom is 0.0796 e. The summed E-state index contributed by atoms with van der Waals surface area (Å²) in [5.41, 5.74) is 0. The zero-order valence-corrected chi connectivity index (χ0v) is 7.86. The molecule has 4 atom stereocenters. The van der Waals surface area contributed by atoms with Crippen molar-refractivity contribution in [2.75, 3.05) is 0 Å². The van der Waals surface area contributed by atoms with Gasteiger partial charge in [-0.2, -0.15) is 0 Å². The molecular formula is C12H16O. The van der Waals surface area contributed by atoms with Crippen molar-refractivity contribution in [2.24, 2.45) is 11.8 Å². The Morgan fingerprint density at radius 3 is 1.92 bits per heavy atom. The SMILES string of the molecule is C1=CC2OC3C=CCCC3C2CC1. The van der Waals surface area contributed by atoms with Crippen molar-refractivity contribution in [1.82, 2.24) is 0 Å². The van der Waals surface area contributed by atoms with Crippen molar-refractivity contribution < 1.29 is 4.74 Å². The standard InChI is InChI=1S/C12H16O/c1-3-7-11-9(5-1)10-6-2-4-8-12(10)13-11/h3-4,7-12H,1-2,5-6H2. The molecule has 2 aliphatic carbocycles. The molecule has 0 saturated carbocycles. The van der Waals surface area contributed by atoms with Gasteiger partial charge >= 0.3 is 0 Å². The molecule has 13 heavy (non-hydrogen) atoms. The summed E-state index contributed by atoms with van der Waals surface area (Å²) in [6.45, 7) is 0. The second-order valence-corrected chi connectivity index (χ2v) is 4.40. The van der Waals surface area contributed by atoms with Gasteiger partial charge in [0.1, 0.15) is 0 Å². The van der Waals surface area contributed by atoms with Gasteiger partial charge in [0.15, 0.2) is 0 Å². The lowest BCUT2D eigenvalue weighted by molar-refractivity contribution is 0.0783. The van der Waals surface area contributed by atoms with Crippen LogP contribution in [-0.4, -0.2) is 12.2 Å². The highest BCUT2D eigenvalue weighted by Gasteiger charge is 2.42. The van der Waals surface area contributed by atoms with Crippen LogP contribution in [0.1, 0.15) is 25.7 Å². The van der Waals surface area contributed by atoms with Crippen LogP contribution < -0.4 is 0 Å². The van der Waals surface area contributed by atoms with Crippen molar-refractivity contribution in [3.05, 3.63) is 24.3 Å². The molecule has 0 aromatic carbocycles. The third-order valence-electron chi connectivity index (χ3n) is 3.69. The Kier molecular flexibility index (Phi) is 1.79. The molecule has 0 bridgehead atoms. The lowest BCUT2D eigenvalue weighted by atomic mass is 9.77. The highest BCUT2D eigenvalue weighted by molar-refractivity contribution is 5.11. The first-order chi connectivity index (χ1) is 6.45. The van der Waals surface area contributed by atoms with Gasteiger partial charge in [-0.05, 0) is 37.5 Å². The topological polar surface area (TPSA) is 9.23 Å². The number of fused-ring (bicyclic) bond motifs is 3. The number of ether oxygens (including phenoxy) is 1. The van der Waals surface area contributed by atoms with Crippen molar-refractivity contribution in [3.8, 4) is 0 Å². The van der Waals surface area contributed by atoms with Crippen LogP contribution in [0.4, 0.5) is 0 Å². The van der Waals surface area contributed by atoms with E-state index in [2.05, 4.69) is 24.3 Å². The summed E-state index contributed by atoms with van der Waals surface area (Å²) in [5, 5.41) is 0. The Labute approximate surface area is 79.5 Å². The summed E-state index contributed by atoms with van der Waals surface area (Å²) >= 11 is 0. The van der Waals surface area contributed by atoms with Gasteiger partial charge in [0.2, 0.25) is 0 Å². The second kappa shape index (κ2) is 2.98. The highest BCUT2D eigenvalue weighted by atomic mass is 16.5. The highest BCUT2D eigenvalue weighted by Crippen LogP contribution is 2.43. The monoisotopic (exact) mass is 176 g/mol. The first kappa shape index (κ1) is 7.81. The van der Waals surface area contributed by atoms with Gasteiger partial charge in [0.25, 0.3) is 0 Å². The molecular weight excluding hydrogens is 160 g/mol. The Morgan fingerprint density at radius 1 is 0.846 bits per heavy atom. The number of rotatable bonds is 0. The molecule has 0 radical (unpaired) electrons. The molecule has 1 nitrogen and oxygen atoms in total. The zero-order chi connectivity index (χ0) is 8.67. The molecule has 1 saturated heterocycles. The van der Waals surface area contributed by atoms with Crippen molar-refractivity contribution >= 4 is 0 Å². The summed E-state index contributed by atoms with van der Waals surface area (Å²) in [7, 11) is 0. The molecule has 70 valence electrons. The maximum absolute atomic E-state index is 6.00. The largest absolute Gasteiger partial charge is 0.366 e. The zero-order valence-electron chi connectivity index (χ0n) is 7.86. The van der Waals surface area contributed by atoms with E-state index in [1.54, 1.807) is 0 Å². The Bertz CT molecular complexity index is 228. The van der Waals surface area contributed by atoms with Crippen LogP contribution in [0.15, 0.2) is 24.3 Å². The number of hydrogen-bond acceptors (Lipinski definition) is 1. The van der Waals surface area contributed by atoms with Gasteiger partial charge in [-0.3, -0.25) is 0 Å². The molecule has 3 aliphatic rings. The van der Waals surface area contributed by atoms with Crippen LogP contribution in [0.2, 0.25) is 0 Å². The van der Waals surface area contributed by atoms with E-state index in [-0.39, 0.29) is 0 Å². The fourth-order valence-electron chi connectivity index (χ4n) is 3.04. The van der Waals surface area contributed by atoms with Gasteiger partial charge in [-0.1, -0.05) is 24.3 Å². The molecule has 1 heterocycles. The summed E-state index contributed by atoms with van der Waals surface area (Å²) < 4.78 is 6.00. The average molecular weight is 176 g/mol. The van der Waals surface area contributed by atoms with Crippen LogP contribution in [0.25, 0.3) is 0 Å². The predicted molar refractivity (Wildman–Crippen MR) is 52.4 cm³/mol. The van der Waals surface area contributed by atoms with Gasteiger partial charge in [-0.25, -0.2) is 0 Å². The van der Waals surface area contributed by atoms with Gasteiger partial charge < -0.3 is 4.74 Å². The molecule has 1 aliphatic heterocycles. The van der Waals surface area contributed by atoms with E-state index >= 15 is 0 Å². The third-order valence-corrected chi connectivity index (χ3v) is 3.69. The van der Waals surface area contributed by atoms with E-state index in [1.165, 1.54) is 25.7 Å². The van der Waals surface area contributed by atoms with E-state index in [0.29, 0.717) is 12.2 Å². The molecule has 0 amide bonds. The molecule has 0 spiro atoms. The third kappa shape index (κ3) is 1.18. The van der Waals surface area contributed by atoms with E-state index < -0.39 is 0 Å². The van der Waals surface area contributed by atoms with E-state index in [0.717, 1.165) is 11.8 Å². The maximum atomic E-state index is 6.00. The predicted octanol–water partition coefficient (Wildman–Crippen LogP) is 2.69. The number of allylic oxidation sites excluding steroid dienone is 2. The van der Waals surface area contributed by atoms with Crippen molar-refractivity contribution in [2.45, 2.75) is 37.9 Å². The van der Waals surface area contributed by atoms with Crippen LogP contribution in [0, 0.1) is 11.8 Å². The van der Waals surface area contributed by atoms with E-state index in [4.69, 9.17) is 4.74 Å². The van der Waals surface area contributed by atoms with Crippen molar-refractivity contribution in [3.63, 3.8) is 0 Å². The lowest BCUT2D eigenvalue weighted by Gasteiger charge is -2.25. The normalized spacial score (nSPS) is 47.4. The summed E-state index contributed by atoms with van der Waals surface area (Å²) in [6.07, 6.45) is 15.2. The minimum Gasteiger partial charge on any atom is -0.366 e. The van der Waals surface area contributed by atoms with Crippen LogP contribution in [0.5, 0.6) is 0 Å². The minimum atomic E-state index is 0.437. The minimum absolute atomic E-state index is 0.437. The van der Waals surface area contributed by atoms with Gasteiger partial charge in [0.05, 0.1) is 12.2 Å².